The maximum absolute atomic E-state index is 14.0. The number of anilines is 1. The molecule has 5 rings (SSSR count). The van der Waals surface area contributed by atoms with E-state index in [0.29, 0.717) is 38.0 Å². The molecule has 4 amide bonds. The lowest BCUT2D eigenvalue weighted by atomic mass is 9.93. The van der Waals surface area contributed by atoms with Crippen molar-refractivity contribution in [3.63, 3.8) is 0 Å². The number of hydrogen-bond acceptors (Lipinski definition) is 10. The molecular weight excluding hydrogens is 755 g/mol. The molecule has 1 heterocycles. The predicted molar refractivity (Wildman–Crippen MR) is 213 cm³/mol. The van der Waals surface area contributed by atoms with Gasteiger partial charge in [0.1, 0.15) is 34.2 Å². The van der Waals surface area contributed by atoms with Crippen LogP contribution in [0.25, 0.3) is 0 Å². The Morgan fingerprint density at radius 1 is 1.02 bits per heavy atom. The third-order valence-electron chi connectivity index (χ3n) is 12.1. The van der Waals surface area contributed by atoms with Crippen molar-refractivity contribution in [3.05, 3.63) is 36.9 Å². The number of rotatable bonds is 18. The predicted octanol–water partition coefficient (Wildman–Crippen LogP) is 5.85. The second-order valence-corrected chi connectivity index (χ2v) is 19.6. The summed E-state index contributed by atoms with van der Waals surface area (Å²) in [6, 6.07) is 4.33. The molecule has 1 aromatic carbocycles. The van der Waals surface area contributed by atoms with Crippen molar-refractivity contribution < 1.29 is 47.0 Å². The number of carbonyl (C=O) groups is 5. The average molecular weight is 816 g/mol. The number of aliphatic carboxylic acids is 1. The number of carboxylic acids is 1. The molecule has 316 valence electrons. The molecular formula is C41H61N5O10S. The number of hydrogen-bond donors (Lipinski definition) is 5. The van der Waals surface area contributed by atoms with Crippen LogP contribution in [0.2, 0.25) is 0 Å². The summed E-state index contributed by atoms with van der Waals surface area (Å²) in [7, 11) is -4.39. The van der Waals surface area contributed by atoms with Gasteiger partial charge in [-0.25, -0.2) is 27.5 Å². The number of nitrogens with zero attached hydrogens (tertiary/aromatic N) is 1. The van der Waals surface area contributed by atoms with Crippen LogP contribution in [-0.4, -0.2) is 90.8 Å². The molecule has 0 unspecified atom stereocenters. The molecule has 57 heavy (non-hydrogen) atoms. The van der Waals surface area contributed by atoms with Gasteiger partial charge in [0.15, 0.2) is 0 Å². The van der Waals surface area contributed by atoms with Crippen LogP contribution in [-0.2, 0) is 33.9 Å². The van der Waals surface area contributed by atoms with Gasteiger partial charge in [-0.15, -0.1) is 6.58 Å². The summed E-state index contributed by atoms with van der Waals surface area (Å²) in [5.41, 5.74) is -2.35. The second kappa shape index (κ2) is 17.3. The maximum atomic E-state index is 14.0. The highest BCUT2D eigenvalue weighted by atomic mass is 32.2. The fraction of sp³-hybridized carbons (Fsp3) is 0.683. The standard InChI is InChI=1S/C41H61N5O10S/c1-7-27-23-41(27,44-33(47)31-24-40(25-39(40,5)6)26-46(31)37(52)56-38(2,3)4)35(50)45-57(53,54)32-21-15-14-19-29(32)42-22-16-10-8-9-11-20-30(34(48)49)43-36(51)55-28-17-12-13-18-28/h7,14-15,19,21,27-28,30-31,42H,1,8-13,16-18,20,22-26H2,2-6H3,(H,43,51)(H,44,47)(H,45,50)(H,48,49)/t27-,30+,31+,40+,41-/m1/s1. The van der Waals surface area contributed by atoms with Crippen molar-refractivity contribution in [2.75, 3.05) is 18.4 Å². The molecule has 1 aliphatic heterocycles. The van der Waals surface area contributed by atoms with Gasteiger partial charge in [-0.2, -0.15) is 0 Å². The smallest absolute Gasteiger partial charge is 0.410 e. The molecule has 1 saturated heterocycles. The Hall–Kier alpha value is -4.34. The Morgan fingerprint density at radius 3 is 2.28 bits per heavy atom. The summed E-state index contributed by atoms with van der Waals surface area (Å²) < 4.78 is 40.6. The minimum Gasteiger partial charge on any atom is -0.480 e. The summed E-state index contributed by atoms with van der Waals surface area (Å²) in [4.78, 5) is 66.2. The molecule has 1 spiro atoms. The highest BCUT2D eigenvalue weighted by Gasteiger charge is 2.68. The zero-order chi connectivity index (χ0) is 41.8. The molecule has 0 aromatic heterocycles. The largest absolute Gasteiger partial charge is 0.480 e. The van der Waals surface area contributed by atoms with Gasteiger partial charge in [0.05, 0.1) is 5.69 Å². The fourth-order valence-corrected chi connectivity index (χ4v) is 9.64. The number of alkyl carbamates (subject to hydrolysis) is 1. The van der Waals surface area contributed by atoms with E-state index in [1.807, 2.05) is 0 Å². The number of unbranched alkanes of at least 4 members (excludes halogenated alkanes) is 4. The van der Waals surface area contributed by atoms with E-state index in [4.69, 9.17) is 9.47 Å². The second-order valence-electron chi connectivity index (χ2n) is 17.9. The highest BCUT2D eigenvalue weighted by Crippen LogP contribution is 2.69. The first-order chi connectivity index (χ1) is 26.7. The van der Waals surface area contributed by atoms with Gasteiger partial charge in [0.2, 0.25) is 5.91 Å². The van der Waals surface area contributed by atoms with Gasteiger partial charge in [0.25, 0.3) is 15.9 Å². The molecule has 5 atom stereocenters. The number of para-hydroxylation sites is 1. The molecule has 4 fully saturated rings. The van der Waals surface area contributed by atoms with E-state index in [-0.39, 0.29) is 34.7 Å². The number of benzene rings is 1. The van der Waals surface area contributed by atoms with E-state index in [1.165, 1.54) is 17.0 Å². The summed E-state index contributed by atoms with van der Waals surface area (Å²) >= 11 is 0. The highest BCUT2D eigenvalue weighted by molar-refractivity contribution is 7.90. The van der Waals surface area contributed by atoms with Crippen molar-refractivity contribution in [1.29, 1.82) is 0 Å². The Morgan fingerprint density at radius 2 is 1.67 bits per heavy atom. The SMILES string of the molecule is C=C[C@@H]1C[C@]1(NC(=O)[C@@H]1C[C@@]2(CN1C(=O)OC(C)(C)C)CC2(C)C)C(=O)NS(=O)(=O)c1ccccc1NCCCCCCC[C@H](NC(=O)OC1CCCC1)C(=O)O. The molecule has 3 aliphatic carbocycles. The van der Waals surface area contributed by atoms with Crippen molar-refractivity contribution in [3.8, 4) is 0 Å². The lowest BCUT2D eigenvalue weighted by Gasteiger charge is -2.29. The van der Waals surface area contributed by atoms with Crippen LogP contribution < -0.4 is 20.7 Å². The van der Waals surface area contributed by atoms with Crippen molar-refractivity contribution >= 4 is 45.7 Å². The third-order valence-corrected chi connectivity index (χ3v) is 13.4. The summed E-state index contributed by atoms with van der Waals surface area (Å²) in [6.07, 6.45) is 9.01. The Kier molecular flexibility index (Phi) is 13.3. The van der Waals surface area contributed by atoms with E-state index < -0.39 is 69.1 Å². The summed E-state index contributed by atoms with van der Waals surface area (Å²) in [5.74, 6) is -3.05. The number of sulfonamides is 1. The monoisotopic (exact) mass is 815 g/mol. The van der Waals surface area contributed by atoms with Gasteiger partial charge < -0.3 is 30.5 Å². The van der Waals surface area contributed by atoms with E-state index in [0.717, 1.165) is 51.4 Å². The first-order valence-corrected chi connectivity index (χ1v) is 21.8. The normalized spacial score (nSPS) is 25.6. The van der Waals surface area contributed by atoms with E-state index in [2.05, 4.69) is 41.1 Å². The van der Waals surface area contributed by atoms with Crippen LogP contribution in [0, 0.1) is 16.7 Å². The molecule has 3 saturated carbocycles. The molecule has 4 aliphatic rings. The molecule has 0 radical (unpaired) electrons. The molecule has 0 bridgehead atoms. The van der Waals surface area contributed by atoms with Crippen molar-refractivity contribution in [1.82, 2.24) is 20.3 Å². The molecule has 16 heteroatoms. The van der Waals surface area contributed by atoms with E-state index in [1.54, 1.807) is 39.0 Å². The van der Waals surface area contributed by atoms with Crippen LogP contribution in [0.1, 0.15) is 118 Å². The van der Waals surface area contributed by atoms with Gasteiger partial charge in [-0.3, -0.25) is 14.5 Å². The first-order valence-electron chi connectivity index (χ1n) is 20.3. The average Bonchev–Trinajstić information content (AvgIpc) is 3.71. The Balaban J connectivity index is 1.12. The summed E-state index contributed by atoms with van der Waals surface area (Å²) in [5, 5.41) is 18.0. The molecule has 5 N–H and O–H groups in total. The summed E-state index contributed by atoms with van der Waals surface area (Å²) in [6.45, 7) is 14.0. The minimum absolute atomic E-state index is 0.0746. The van der Waals surface area contributed by atoms with E-state index >= 15 is 0 Å². The van der Waals surface area contributed by atoms with Gasteiger partial charge >= 0.3 is 18.2 Å². The van der Waals surface area contributed by atoms with Gasteiger partial charge in [-0.1, -0.05) is 57.7 Å². The van der Waals surface area contributed by atoms with Crippen LogP contribution in [0.15, 0.2) is 41.8 Å². The number of carbonyl (C=O) groups excluding carboxylic acids is 4. The van der Waals surface area contributed by atoms with Gasteiger partial charge in [0, 0.05) is 19.0 Å². The number of carboxylic acid groups (broad SMARTS) is 1. The van der Waals surface area contributed by atoms with Crippen LogP contribution in [0.4, 0.5) is 15.3 Å². The zero-order valence-corrected chi connectivity index (χ0v) is 34.8. The van der Waals surface area contributed by atoms with Crippen LogP contribution >= 0.6 is 0 Å². The zero-order valence-electron chi connectivity index (χ0n) is 34.0. The van der Waals surface area contributed by atoms with Crippen LogP contribution in [0.3, 0.4) is 0 Å². The quantitative estimate of drug-likeness (QED) is 0.0877. The number of likely N-dealkylation sites (tertiary alicyclic amines) is 1. The Bertz CT molecular complexity index is 1810. The lowest BCUT2D eigenvalue weighted by molar-refractivity contribution is -0.139. The number of nitrogens with one attached hydrogen (secondary N) is 4. The van der Waals surface area contributed by atoms with Crippen molar-refractivity contribution in [2.24, 2.45) is 16.7 Å². The fourth-order valence-electron chi connectivity index (χ4n) is 8.42. The van der Waals surface area contributed by atoms with Crippen molar-refractivity contribution in [2.45, 2.75) is 152 Å². The first kappa shape index (κ1) is 43.8. The number of ether oxygens (including phenoxy) is 2. The maximum Gasteiger partial charge on any atom is 0.410 e. The lowest BCUT2D eigenvalue weighted by Crippen LogP contribution is -2.56. The molecule has 15 nitrogen and oxygen atoms in total. The molecule has 1 aromatic rings. The van der Waals surface area contributed by atoms with Crippen LogP contribution in [0.5, 0.6) is 0 Å². The van der Waals surface area contributed by atoms with Gasteiger partial charge in [-0.05, 0) is 102 Å². The minimum atomic E-state index is -4.39. The Labute approximate surface area is 336 Å². The number of amides is 4. The van der Waals surface area contributed by atoms with E-state index in [9.17, 15) is 37.5 Å². The third kappa shape index (κ3) is 10.6. The topological polar surface area (TPSA) is 210 Å².